The Bertz CT molecular complexity index is 464. The molecule has 0 radical (unpaired) electrons. The molecule has 1 aliphatic heterocycles. The van der Waals surface area contributed by atoms with E-state index in [1.54, 1.807) is 6.92 Å². The van der Waals surface area contributed by atoms with Gasteiger partial charge in [0.2, 0.25) is 0 Å². The number of esters is 1. The van der Waals surface area contributed by atoms with Crippen molar-refractivity contribution in [2.75, 3.05) is 13.7 Å². The van der Waals surface area contributed by atoms with Crippen molar-refractivity contribution in [2.24, 2.45) is 5.92 Å². The van der Waals surface area contributed by atoms with Crippen LogP contribution in [0.2, 0.25) is 0 Å². The summed E-state index contributed by atoms with van der Waals surface area (Å²) in [6.07, 6.45) is 8.40. The molecule has 0 aromatic heterocycles. The topological polar surface area (TPSA) is 46.6 Å². The standard InChI is InChI=1S/C16H23NO3/c1-4-20-16(19)15(11(2)18)13-9-10-17(3)14-8-6-5-7-12(13)14/h9-10,12,14H,4-8H2,1-3H3/b15-13-. The van der Waals surface area contributed by atoms with Crippen molar-refractivity contribution >= 4 is 11.8 Å². The fourth-order valence-corrected chi connectivity index (χ4v) is 3.33. The number of nitrogens with zero attached hydrogens (tertiary/aromatic N) is 1. The van der Waals surface area contributed by atoms with Gasteiger partial charge >= 0.3 is 5.97 Å². The normalized spacial score (nSPS) is 27.9. The Balaban J connectivity index is 2.44. The van der Waals surface area contributed by atoms with Gasteiger partial charge in [0, 0.05) is 19.0 Å². The number of rotatable bonds is 3. The molecule has 1 saturated carbocycles. The number of ketones is 1. The van der Waals surface area contributed by atoms with Crippen LogP contribution < -0.4 is 0 Å². The highest BCUT2D eigenvalue weighted by molar-refractivity contribution is 6.17. The number of ether oxygens (including phenoxy) is 1. The van der Waals surface area contributed by atoms with Crippen LogP contribution in [0.1, 0.15) is 39.5 Å². The SMILES string of the molecule is CCOC(=O)/C(C(C)=O)=C1/C=CN(C)C2CCCCC12. The molecule has 0 aromatic carbocycles. The molecule has 1 aliphatic carbocycles. The largest absolute Gasteiger partial charge is 0.462 e. The fraction of sp³-hybridized carbons (Fsp3) is 0.625. The minimum absolute atomic E-state index is 0.197. The third-order valence-electron chi connectivity index (χ3n) is 4.26. The summed E-state index contributed by atoms with van der Waals surface area (Å²) >= 11 is 0. The summed E-state index contributed by atoms with van der Waals surface area (Å²) < 4.78 is 5.06. The van der Waals surface area contributed by atoms with Gasteiger partial charge in [0.1, 0.15) is 5.57 Å². The molecule has 2 rings (SSSR count). The molecule has 20 heavy (non-hydrogen) atoms. The first-order chi connectivity index (χ1) is 9.56. The van der Waals surface area contributed by atoms with Gasteiger partial charge in [-0.3, -0.25) is 4.79 Å². The van der Waals surface area contributed by atoms with Crippen LogP contribution in [0, 0.1) is 5.92 Å². The number of carbonyl (C=O) groups is 2. The van der Waals surface area contributed by atoms with Crippen LogP contribution in [0.5, 0.6) is 0 Å². The second-order valence-corrected chi connectivity index (χ2v) is 5.55. The van der Waals surface area contributed by atoms with E-state index in [2.05, 4.69) is 11.9 Å². The van der Waals surface area contributed by atoms with E-state index in [1.807, 2.05) is 12.3 Å². The molecule has 0 saturated heterocycles. The third-order valence-corrected chi connectivity index (χ3v) is 4.26. The summed E-state index contributed by atoms with van der Waals surface area (Å²) in [7, 11) is 2.06. The number of hydrogen-bond donors (Lipinski definition) is 0. The number of allylic oxidation sites excluding steroid dienone is 1. The van der Waals surface area contributed by atoms with Gasteiger partial charge in [-0.1, -0.05) is 12.8 Å². The number of fused-ring (bicyclic) bond motifs is 1. The molecule has 0 amide bonds. The quantitative estimate of drug-likeness (QED) is 0.344. The summed E-state index contributed by atoms with van der Waals surface area (Å²) in [5.74, 6) is -0.410. The molecular formula is C16H23NO3. The van der Waals surface area contributed by atoms with E-state index in [-0.39, 0.29) is 17.3 Å². The van der Waals surface area contributed by atoms with E-state index in [0.29, 0.717) is 12.6 Å². The Hall–Kier alpha value is -1.58. The van der Waals surface area contributed by atoms with Gasteiger partial charge in [0.25, 0.3) is 0 Å². The molecule has 110 valence electrons. The van der Waals surface area contributed by atoms with Crippen LogP contribution in [0.15, 0.2) is 23.4 Å². The first-order valence-corrected chi connectivity index (χ1v) is 7.38. The molecule has 0 aromatic rings. The minimum Gasteiger partial charge on any atom is -0.462 e. The van der Waals surface area contributed by atoms with E-state index < -0.39 is 5.97 Å². The number of carbonyl (C=O) groups excluding carboxylic acids is 2. The Morgan fingerprint density at radius 3 is 2.70 bits per heavy atom. The van der Waals surface area contributed by atoms with Crippen molar-refractivity contribution in [1.29, 1.82) is 0 Å². The molecule has 2 aliphatic rings. The second kappa shape index (κ2) is 6.25. The molecule has 1 heterocycles. The number of Topliss-reactive ketones (excluding diaryl/α,β-unsaturated/α-hetero) is 1. The summed E-state index contributed by atoms with van der Waals surface area (Å²) in [5, 5.41) is 0. The summed E-state index contributed by atoms with van der Waals surface area (Å²) in [6, 6.07) is 0.396. The Morgan fingerprint density at radius 2 is 2.05 bits per heavy atom. The Morgan fingerprint density at radius 1 is 1.35 bits per heavy atom. The molecule has 4 nitrogen and oxygen atoms in total. The maximum Gasteiger partial charge on any atom is 0.342 e. The van der Waals surface area contributed by atoms with Crippen LogP contribution in [-0.2, 0) is 14.3 Å². The number of hydrogen-bond acceptors (Lipinski definition) is 4. The average Bonchev–Trinajstić information content (AvgIpc) is 2.42. The monoisotopic (exact) mass is 277 g/mol. The highest BCUT2D eigenvalue weighted by Gasteiger charge is 2.35. The van der Waals surface area contributed by atoms with Crippen LogP contribution in [-0.4, -0.2) is 36.3 Å². The lowest BCUT2D eigenvalue weighted by atomic mass is 9.75. The first kappa shape index (κ1) is 14.8. The summed E-state index contributed by atoms with van der Waals surface area (Å²) in [5.41, 5.74) is 1.12. The van der Waals surface area contributed by atoms with E-state index >= 15 is 0 Å². The van der Waals surface area contributed by atoms with Crippen molar-refractivity contribution in [2.45, 2.75) is 45.6 Å². The van der Waals surface area contributed by atoms with E-state index in [0.717, 1.165) is 24.8 Å². The molecule has 2 unspecified atom stereocenters. The maximum atomic E-state index is 12.1. The minimum atomic E-state index is -0.478. The second-order valence-electron chi connectivity index (χ2n) is 5.55. The lowest BCUT2D eigenvalue weighted by molar-refractivity contribution is -0.140. The summed E-state index contributed by atoms with van der Waals surface area (Å²) in [6.45, 7) is 3.50. The predicted molar refractivity (Wildman–Crippen MR) is 77.0 cm³/mol. The van der Waals surface area contributed by atoms with Crippen LogP contribution in [0.4, 0.5) is 0 Å². The highest BCUT2D eigenvalue weighted by atomic mass is 16.5. The molecule has 1 fully saturated rings. The molecule has 0 spiro atoms. The molecular weight excluding hydrogens is 254 g/mol. The highest BCUT2D eigenvalue weighted by Crippen LogP contribution is 2.38. The molecule has 0 N–H and O–H groups in total. The lowest BCUT2D eigenvalue weighted by Crippen LogP contribution is -2.41. The van der Waals surface area contributed by atoms with Crippen molar-refractivity contribution in [3.05, 3.63) is 23.4 Å². The van der Waals surface area contributed by atoms with Crippen LogP contribution in [0.25, 0.3) is 0 Å². The van der Waals surface area contributed by atoms with Gasteiger partial charge in [-0.25, -0.2) is 4.79 Å². The van der Waals surface area contributed by atoms with E-state index in [9.17, 15) is 9.59 Å². The van der Waals surface area contributed by atoms with E-state index in [4.69, 9.17) is 4.74 Å². The van der Waals surface area contributed by atoms with Crippen molar-refractivity contribution in [3.63, 3.8) is 0 Å². The smallest absolute Gasteiger partial charge is 0.342 e. The van der Waals surface area contributed by atoms with Crippen LogP contribution in [0.3, 0.4) is 0 Å². The maximum absolute atomic E-state index is 12.1. The molecule has 4 heteroatoms. The van der Waals surface area contributed by atoms with Crippen molar-refractivity contribution in [1.82, 2.24) is 4.90 Å². The van der Waals surface area contributed by atoms with Gasteiger partial charge in [-0.2, -0.15) is 0 Å². The fourth-order valence-electron chi connectivity index (χ4n) is 3.33. The summed E-state index contributed by atoms with van der Waals surface area (Å²) in [4.78, 5) is 26.2. The first-order valence-electron chi connectivity index (χ1n) is 7.38. The van der Waals surface area contributed by atoms with Crippen molar-refractivity contribution < 1.29 is 14.3 Å². The van der Waals surface area contributed by atoms with Gasteiger partial charge in [-0.15, -0.1) is 0 Å². The Kier molecular flexibility index (Phi) is 4.63. The third kappa shape index (κ3) is 2.79. The van der Waals surface area contributed by atoms with E-state index in [1.165, 1.54) is 13.3 Å². The Labute approximate surface area is 120 Å². The molecule has 0 bridgehead atoms. The predicted octanol–water partition coefficient (Wildman–Crippen LogP) is 2.45. The van der Waals surface area contributed by atoms with Gasteiger partial charge in [-0.05, 0) is 44.5 Å². The zero-order valence-corrected chi connectivity index (χ0v) is 12.5. The average molecular weight is 277 g/mol. The van der Waals surface area contributed by atoms with Gasteiger partial charge < -0.3 is 9.64 Å². The van der Waals surface area contributed by atoms with Crippen molar-refractivity contribution in [3.8, 4) is 0 Å². The van der Waals surface area contributed by atoms with Gasteiger partial charge in [0.05, 0.1) is 6.61 Å². The molecule has 2 atom stereocenters. The lowest BCUT2D eigenvalue weighted by Gasteiger charge is -2.41. The van der Waals surface area contributed by atoms with Crippen LogP contribution >= 0.6 is 0 Å². The zero-order chi connectivity index (χ0) is 14.7. The zero-order valence-electron chi connectivity index (χ0n) is 12.5. The van der Waals surface area contributed by atoms with Gasteiger partial charge in [0.15, 0.2) is 5.78 Å².